The maximum Gasteiger partial charge on any atom is 0.137 e. The van der Waals surface area contributed by atoms with E-state index in [0.717, 1.165) is 6.54 Å². The minimum atomic E-state index is 0.0399. The second-order valence-electron chi connectivity index (χ2n) is 4.57. The summed E-state index contributed by atoms with van der Waals surface area (Å²) in [5.74, 6) is 0.318. The van der Waals surface area contributed by atoms with Gasteiger partial charge < -0.3 is 9.30 Å². The SMILES string of the molecule is O=C1CCOC(Cn2cc3ccccc3c2)C1. The van der Waals surface area contributed by atoms with E-state index in [4.69, 9.17) is 4.74 Å². The van der Waals surface area contributed by atoms with Crippen molar-refractivity contribution < 1.29 is 9.53 Å². The summed E-state index contributed by atoms with van der Waals surface area (Å²) >= 11 is 0. The van der Waals surface area contributed by atoms with E-state index in [1.165, 1.54) is 10.8 Å². The van der Waals surface area contributed by atoms with Crippen molar-refractivity contribution in [2.75, 3.05) is 6.61 Å². The van der Waals surface area contributed by atoms with Crippen LogP contribution in [0.4, 0.5) is 0 Å². The highest BCUT2D eigenvalue weighted by Crippen LogP contribution is 2.17. The van der Waals surface area contributed by atoms with Crippen LogP contribution in [0.3, 0.4) is 0 Å². The molecule has 3 rings (SSSR count). The molecule has 0 saturated carbocycles. The predicted octanol–water partition coefficient (Wildman–Crippen LogP) is 2.39. The van der Waals surface area contributed by atoms with Gasteiger partial charge >= 0.3 is 0 Å². The van der Waals surface area contributed by atoms with E-state index in [-0.39, 0.29) is 6.10 Å². The van der Waals surface area contributed by atoms with Crippen LogP contribution in [0.2, 0.25) is 0 Å². The Kier molecular flexibility index (Phi) is 2.69. The van der Waals surface area contributed by atoms with E-state index >= 15 is 0 Å². The van der Waals surface area contributed by atoms with Crippen molar-refractivity contribution in [1.82, 2.24) is 4.57 Å². The van der Waals surface area contributed by atoms with Gasteiger partial charge in [0.2, 0.25) is 0 Å². The van der Waals surface area contributed by atoms with Gasteiger partial charge in [0, 0.05) is 31.8 Å². The lowest BCUT2D eigenvalue weighted by atomic mass is 10.1. The first-order valence-corrected chi connectivity index (χ1v) is 5.99. The normalized spacial score (nSPS) is 20.9. The van der Waals surface area contributed by atoms with E-state index in [2.05, 4.69) is 29.1 Å². The molecule has 1 aliphatic heterocycles. The van der Waals surface area contributed by atoms with Crippen molar-refractivity contribution in [2.24, 2.45) is 0 Å². The van der Waals surface area contributed by atoms with Gasteiger partial charge in [-0.05, 0) is 10.8 Å². The van der Waals surface area contributed by atoms with Gasteiger partial charge in [-0.15, -0.1) is 0 Å². The molecule has 3 heteroatoms. The highest BCUT2D eigenvalue weighted by Gasteiger charge is 2.20. The number of aromatic nitrogens is 1. The van der Waals surface area contributed by atoms with Crippen LogP contribution in [-0.2, 0) is 16.1 Å². The fourth-order valence-electron chi connectivity index (χ4n) is 2.35. The van der Waals surface area contributed by atoms with Gasteiger partial charge in [0.1, 0.15) is 5.78 Å². The average Bonchev–Trinajstić information content (AvgIpc) is 2.71. The molecule has 3 nitrogen and oxygen atoms in total. The summed E-state index contributed by atoms with van der Waals surface area (Å²) in [6, 6.07) is 8.26. The van der Waals surface area contributed by atoms with E-state index < -0.39 is 0 Å². The van der Waals surface area contributed by atoms with Gasteiger partial charge in [-0.1, -0.05) is 24.3 Å². The molecule has 0 aliphatic carbocycles. The number of benzene rings is 1. The zero-order valence-electron chi connectivity index (χ0n) is 9.63. The molecule has 1 aliphatic rings. The van der Waals surface area contributed by atoms with Crippen LogP contribution >= 0.6 is 0 Å². The third kappa shape index (κ3) is 2.24. The van der Waals surface area contributed by atoms with Crippen LogP contribution in [0.25, 0.3) is 10.8 Å². The molecule has 2 heterocycles. The van der Waals surface area contributed by atoms with Crippen molar-refractivity contribution in [2.45, 2.75) is 25.5 Å². The molecular formula is C14H15NO2. The number of ketones is 1. The summed E-state index contributed by atoms with van der Waals surface area (Å²) in [5, 5.41) is 2.46. The fourth-order valence-corrected chi connectivity index (χ4v) is 2.35. The molecule has 1 fully saturated rings. The summed E-state index contributed by atoms with van der Waals surface area (Å²) < 4.78 is 7.73. The van der Waals surface area contributed by atoms with Crippen LogP contribution < -0.4 is 0 Å². The number of ether oxygens (including phenoxy) is 1. The lowest BCUT2D eigenvalue weighted by Gasteiger charge is -2.22. The molecule has 17 heavy (non-hydrogen) atoms. The zero-order chi connectivity index (χ0) is 11.7. The van der Waals surface area contributed by atoms with E-state index in [1.54, 1.807) is 0 Å². The Morgan fingerprint density at radius 2 is 1.94 bits per heavy atom. The van der Waals surface area contributed by atoms with Crippen LogP contribution in [0.1, 0.15) is 12.8 Å². The van der Waals surface area contributed by atoms with Crippen molar-refractivity contribution >= 4 is 16.6 Å². The summed E-state index contributed by atoms with van der Waals surface area (Å²) in [7, 11) is 0. The lowest BCUT2D eigenvalue weighted by molar-refractivity contribution is -0.128. The zero-order valence-corrected chi connectivity index (χ0v) is 9.63. The largest absolute Gasteiger partial charge is 0.375 e. The number of rotatable bonds is 2. The lowest BCUT2D eigenvalue weighted by Crippen LogP contribution is -2.29. The summed E-state index contributed by atoms with van der Waals surface area (Å²) in [6.45, 7) is 1.34. The smallest absolute Gasteiger partial charge is 0.137 e. The Balaban J connectivity index is 1.78. The number of hydrogen-bond acceptors (Lipinski definition) is 2. The monoisotopic (exact) mass is 229 g/mol. The van der Waals surface area contributed by atoms with Crippen molar-refractivity contribution in [3.05, 3.63) is 36.7 Å². The quantitative estimate of drug-likeness (QED) is 0.791. The van der Waals surface area contributed by atoms with E-state index in [9.17, 15) is 4.79 Å². The minimum absolute atomic E-state index is 0.0399. The first kappa shape index (κ1) is 10.5. The van der Waals surface area contributed by atoms with Crippen molar-refractivity contribution in [1.29, 1.82) is 0 Å². The molecule has 0 N–H and O–H groups in total. The minimum Gasteiger partial charge on any atom is -0.375 e. The number of fused-ring (bicyclic) bond motifs is 1. The standard InChI is InChI=1S/C14H15NO2/c16-13-5-6-17-14(7-13)10-15-8-11-3-1-2-4-12(11)9-15/h1-4,8-9,14H,5-7,10H2. The van der Waals surface area contributed by atoms with Gasteiger partial charge in [0.15, 0.2) is 0 Å². The highest BCUT2D eigenvalue weighted by molar-refractivity contribution is 5.82. The maximum absolute atomic E-state index is 11.3. The number of carbonyl (C=O) groups is 1. The number of Topliss-reactive ketones (excluding diaryl/α,β-unsaturated/α-hetero) is 1. The maximum atomic E-state index is 11.3. The van der Waals surface area contributed by atoms with Crippen LogP contribution in [0, 0.1) is 0 Å². The Morgan fingerprint density at radius 1 is 1.24 bits per heavy atom. The number of nitrogens with zero attached hydrogens (tertiary/aromatic N) is 1. The van der Waals surface area contributed by atoms with Crippen LogP contribution in [0.15, 0.2) is 36.7 Å². The third-order valence-corrected chi connectivity index (χ3v) is 3.21. The first-order valence-electron chi connectivity index (χ1n) is 5.99. The molecule has 1 unspecified atom stereocenters. The van der Waals surface area contributed by atoms with Gasteiger partial charge in [0.05, 0.1) is 12.7 Å². The fraction of sp³-hybridized carbons (Fsp3) is 0.357. The van der Waals surface area contributed by atoms with Gasteiger partial charge in [-0.3, -0.25) is 4.79 Å². The topological polar surface area (TPSA) is 31.2 Å². The second-order valence-corrected chi connectivity index (χ2v) is 4.57. The van der Waals surface area contributed by atoms with Crippen molar-refractivity contribution in [3.63, 3.8) is 0 Å². The summed E-state index contributed by atoms with van der Waals surface area (Å²) in [4.78, 5) is 11.3. The molecule has 1 aromatic heterocycles. The third-order valence-electron chi connectivity index (χ3n) is 3.21. The molecule has 0 bridgehead atoms. The Morgan fingerprint density at radius 3 is 2.59 bits per heavy atom. The molecule has 88 valence electrons. The predicted molar refractivity (Wildman–Crippen MR) is 65.9 cm³/mol. The van der Waals surface area contributed by atoms with Gasteiger partial charge in [-0.25, -0.2) is 0 Å². The molecule has 1 aromatic carbocycles. The molecular weight excluding hydrogens is 214 g/mol. The molecule has 1 atom stereocenters. The molecule has 1 saturated heterocycles. The Hall–Kier alpha value is -1.61. The molecule has 0 amide bonds. The van der Waals surface area contributed by atoms with E-state index in [0.29, 0.717) is 25.2 Å². The second kappa shape index (κ2) is 4.34. The van der Waals surface area contributed by atoms with Crippen LogP contribution in [-0.4, -0.2) is 23.1 Å². The first-order chi connectivity index (χ1) is 8.31. The van der Waals surface area contributed by atoms with Gasteiger partial charge in [-0.2, -0.15) is 0 Å². The Labute approximate surface area is 100.0 Å². The molecule has 0 radical (unpaired) electrons. The van der Waals surface area contributed by atoms with E-state index in [1.807, 2.05) is 12.1 Å². The molecule has 2 aromatic rings. The number of carbonyl (C=O) groups excluding carboxylic acids is 1. The number of hydrogen-bond donors (Lipinski definition) is 0. The van der Waals surface area contributed by atoms with Crippen LogP contribution in [0.5, 0.6) is 0 Å². The Bertz CT molecular complexity index is 511. The van der Waals surface area contributed by atoms with Gasteiger partial charge in [0.25, 0.3) is 0 Å². The summed E-state index contributed by atoms with van der Waals surface area (Å²) in [5.41, 5.74) is 0. The summed E-state index contributed by atoms with van der Waals surface area (Å²) in [6.07, 6.45) is 5.38. The van der Waals surface area contributed by atoms with Crippen molar-refractivity contribution in [3.8, 4) is 0 Å². The molecule has 0 spiro atoms. The highest BCUT2D eigenvalue weighted by atomic mass is 16.5. The average molecular weight is 229 g/mol.